The minimum absolute atomic E-state index is 0.0538. The molecule has 3 fully saturated rings. The highest BCUT2D eigenvalue weighted by molar-refractivity contribution is 7.99. The Balaban J connectivity index is 1.44. The predicted molar refractivity (Wildman–Crippen MR) is 118 cm³/mol. The molecule has 3 aliphatic rings. The Morgan fingerprint density at radius 2 is 1.93 bits per heavy atom. The fourth-order valence-electron chi connectivity index (χ4n) is 5.20. The van der Waals surface area contributed by atoms with E-state index in [1.54, 1.807) is 0 Å². The predicted octanol–water partition coefficient (Wildman–Crippen LogP) is 2.70. The lowest BCUT2D eigenvalue weighted by molar-refractivity contribution is -0.136. The molecule has 3 heterocycles. The Labute approximate surface area is 180 Å². The standard InChI is InChI=1S/C22H37N5OS/c1-24-10-6-11-26(14-13-24)21(28)20-15-19(29-22-23-9-12-25(22)2)17-27(20)16-18-7-4-3-5-8-18/h9,12,18-20H,3-8,10-11,13-17H2,1-2H3/t19-,20+/m1/s1. The minimum atomic E-state index is 0.0538. The first kappa shape index (κ1) is 21.2. The summed E-state index contributed by atoms with van der Waals surface area (Å²) in [5.74, 6) is 1.14. The molecule has 1 aliphatic carbocycles. The zero-order chi connectivity index (χ0) is 20.2. The first-order valence-electron chi connectivity index (χ1n) is 11.5. The van der Waals surface area contributed by atoms with Crippen molar-refractivity contribution in [3.05, 3.63) is 12.4 Å². The summed E-state index contributed by atoms with van der Waals surface area (Å²) in [6.07, 6.45) is 12.7. The summed E-state index contributed by atoms with van der Waals surface area (Å²) >= 11 is 1.85. The van der Waals surface area contributed by atoms with Gasteiger partial charge in [-0.1, -0.05) is 31.0 Å². The first-order chi connectivity index (χ1) is 14.1. The Hall–Kier alpha value is -1.05. The number of likely N-dealkylation sites (tertiary alicyclic amines) is 1. The molecule has 6 nitrogen and oxygen atoms in total. The van der Waals surface area contributed by atoms with Crippen LogP contribution in [0.1, 0.15) is 44.9 Å². The van der Waals surface area contributed by atoms with Crippen LogP contribution in [0.4, 0.5) is 0 Å². The Kier molecular flexibility index (Phi) is 7.19. The van der Waals surface area contributed by atoms with E-state index in [2.05, 4.69) is 38.3 Å². The van der Waals surface area contributed by atoms with E-state index in [1.807, 2.05) is 24.2 Å². The van der Waals surface area contributed by atoms with Gasteiger partial charge >= 0.3 is 0 Å². The van der Waals surface area contributed by atoms with Crippen molar-refractivity contribution in [3.8, 4) is 0 Å². The van der Waals surface area contributed by atoms with E-state index in [0.717, 1.165) is 63.2 Å². The molecule has 0 aromatic carbocycles. The molecule has 1 aromatic heterocycles. The van der Waals surface area contributed by atoms with Gasteiger partial charge in [0.25, 0.3) is 0 Å². The summed E-state index contributed by atoms with van der Waals surface area (Å²) in [4.78, 5) is 25.1. The van der Waals surface area contributed by atoms with Gasteiger partial charge in [0.15, 0.2) is 5.16 Å². The quantitative estimate of drug-likeness (QED) is 0.734. The number of hydrogen-bond acceptors (Lipinski definition) is 5. The first-order valence-corrected chi connectivity index (χ1v) is 12.3. The molecular formula is C22H37N5OS. The maximum Gasteiger partial charge on any atom is 0.240 e. The fraction of sp³-hybridized carbons (Fsp3) is 0.818. The average Bonchev–Trinajstić information content (AvgIpc) is 3.23. The number of amides is 1. The summed E-state index contributed by atoms with van der Waals surface area (Å²) in [6, 6.07) is 0.0538. The molecule has 7 heteroatoms. The van der Waals surface area contributed by atoms with Gasteiger partial charge < -0.3 is 14.4 Å². The van der Waals surface area contributed by atoms with Crippen molar-refractivity contribution in [2.24, 2.45) is 13.0 Å². The summed E-state index contributed by atoms with van der Waals surface area (Å²) in [6.45, 7) is 5.98. The Morgan fingerprint density at radius 1 is 1.10 bits per heavy atom. The van der Waals surface area contributed by atoms with E-state index in [-0.39, 0.29) is 6.04 Å². The molecule has 1 saturated carbocycles. The molecule has 4 rings (SSSR count). The van der Waals surface area contributed by atoms with Crippen molar-refractivity contribution in [1.29, 1.82) is 0 Å². The highest BCUT2D eigenvalue weighted by atomic mass is 32.2. The molecule has 2 atom stereocenters. The van der Waals surface area contributed by atoms with Crippen LogP contribution in [0, 0.1) is 5.92 Å². The van der Waals surface area contributed by atoms with Gasteiger partial charge in [0, 0.05) is 57.4 Å². The third kappa shape index (κ3) is 5.36. The number of carbonyl (C=O) groups excluding carboxylic acids is 1. The van der Waals surface area contributed by atoms with Crippen LogP contribution in [0.15, 0.2) is 17.6 Å². The zero-order valence-corrected chi connectivity index (χ0v) is 18.9. The van der Waals surface area contributed by atoms with Crippen molar-refractivity contribution in [1.82, 2.24) is 24.3 Å². The number of thioether (sulfide) groups is 1. The molecule has 0 N–H and O–H groups in total. The summed E-state index contributed by atoms with van der Waals surface area (Å²) in [5, 5.41) is 1.51. The van der Waals surface area contributed by atoms with Crippen molar-refractivity contribution >= 4 is 17.7 Å². The summed E-state index contributed by atoms with van der Waals surface area (Å²) < 4.78 is 2.09. The summed E-state index contributed by atoms with van der Waals surface area (Å²) in [7, 11) is 4.22. The molecule has 2 aliphatic heterocycles. The van der Waals surface area contributed by atoms with Crippen LogP contribution < -0.4 is 0 Å². The van der Waals surface area contributed by atoms with Crippen molar-refractivity contribution < 1.29 is 4.79 Å². The van der Waals surface area contributed by atoms with Gasteiger partial charge in [-0.25, -0.2) is 4.98 Å². The van der Waals surface area contributed by atoms with E-state index in [0.29, 0.717) is 11.2 Å². The van der Waals surface area contributed by atoms with Gasteiger partial charge in [0.05, 0.1) is 6.04 Å². The number of hydrogen-bond donors (Lipinski definition) is 0. The van der Waals surface area contributed by atoms with E-state index in [9.17, 15) is 4.79 Å². The average molecular weight is 420 g/mol. The Bertz CT molecular complexity index is 674. The molecule has 0 bridgehead atoms. The molecular weight excluding hydrogens is 382 g/mol. The summed E-state index contributed by atoms with van der Waals surface area (Å²) in [5.41, 5.74) is 0. The van der Waals surface area contributed by atoms with Crippen molar-refractivity contribution in [2.75, 3.05) is 46.3 Å². The number of aromatic nitrogens is 2. The van der Waals surface area contributed by atoms with E-state index >= 15 is 0 Å². The topological polar surface area (TPSA) is 44.6 Å². The molecule has 0 radical (unpaired) electrons. The van der Waals surface area contributed by atoms with Crippen molar-refractivity contribution in [3.63, 3.8) is 0 Å². The Morgan fingerprint density at radius 3 is 2.69 bits per heavy atom. The number of nitrogens with zero attached hydrogens (tertiary/aromatic N) is 5. The van der Waals surface area contributed by atoms with Gasteiger partial charge in [-0.3, -0.25) is 9.69 Å². The smallest absolute Gasteiger partial charge is 0.240 e. The van der Waals surface area contributed by atoms with Crippen LogP contribution in [0.25, 0.3) is 0 Å². The molecule has 0 spiro atoms. The highest BCUT2D eigenvalue weighted by Gasteiger charge is 2.40. The van der Waals surface area contributed by atoms with Gasteiger partial charge in [0.1, 0.15) is 0 Å². The maximum atomic E-state index is 13.6. The number of likely N-dealkylation sites (N-methyl/N-ethyl adjacent to an activating group) is 1. The number of aryl methyl sites for hydroxylation is 1. The van der Waals surface area contributed by atoms with Crippen LogP contribution in [0.5, 0.6) is 0 Å². The van der Waals surface area contributed by atoms with Crippen LogP contribution in [-0.2, 0) is 11.8 Å². The van der Waals surface area contributed by atoms with E-state index < -0.39 is 0 Å². The number of carbonyl (C=O) groups is 1. The molecule has 29 heavy (non-hydrogen) atoms. The molecule has 1 aromatic rings. The zero-order valence-electron chi connectivity index (χ0n) is 18.1. The lowest BCUT2D eigenvalue weighted by atomic mass is 9.89. The molecule has 2 saturated heterocycles. The third-order valence-corrected chi connectivity index (χ3v) is 8.23. The highest BCUT2D eigenvalue weighted by Crippen LogP contribution is 2.35. The molecule has 0 unspecified atom stereocenters. The number of imidazole rings is 1. The fourth-order valence-corrected chi connectivity index (χ4v) is 6.39. The van der Waals surface area contributed by atoms with Gasteiger partial charge in [-0.2, -0.15) is 0 Å². The van der Waals surface area contributed by atoms with Crippen LogP contribution >= 0.6 is 11.8 Å². The normalized spacial score (nSPS) is 28.0. The van der Waals surface area contributed by atoms with Crippen LogP contribution in [-0.4, -0.2) is 87.8 Å². The minimum Gasteiger partial charge on any atom is -0.340 e. The lowest BCUT2D eigenvalue weighted by Gasteiger charge is -2.33. The second kappa shape index (κ2) is 9.84. The van der Waals surface area contributed by atoms with Crippen LogP contribution in [0.2, 0.25) is 0 Å². The SMILES string of the molecule is CN1CCCN(C(=O)[C@@H]2C[C@@H](Sc3nccn3C)CN2CC2CCCCC2)CC1. The monoisotopic (exact) mass is 419 g/mol. The molecule has 162 valence electrons. The van der Waals surface area contributed by atoms with E-state index in [4.69, 9.17) is 0 Å². The van der Waals surface area contributed by atoms with Crippen LogP contribution in [0.3, 0.4) is 0 Å². The second-order valence-corrected chi connectivity index (χ2v) is 10.5. The number of rotatable bonds is 5. The third-order valence-electron chi connectivity index (χ3n) is 6.95. The van der Waals surface area contributed by atoms with Crippen molar-refractivity contribution in [2.45, 2.75) is 61.4 Å². The second-order valence-electron chi connectivity index (χ2n) is 9.25. The van der Waals surface area contributed by atoms with Gasteiger partial charge in [-0.05, 0) is 45.2 Å². The molecule has 1 amide bonds. The maximum absolute atomic E-state index is 13.6. The van der Waals surface area contributed by atoms with Gasteiger partial charge in [-0.15, -0.1) is 0 Å². The van der Waals surface area contributed by atoms with E-state index in [1.165, 1.54) is 32.1 Å². The lowest BCUT2D eigenvalue weighted by Crippen LogP contribution is -2.48. The largest absolute Gasteiger partial charge is 0.340 e. The van der Waals surface area contributed by atoms with Gasteiger partial charge in [0.2, 0.25) is 5.91 Å².